The van der Waals surface area contributed by atoms with Crippen molar-refractivity contribution in [3.05, 3.63) is 70.5 Å². The Labute approximate surface area is 114 Å². The standard InChI is InChI=1S/C17H20FN/c1-12-7-13(2)9-14(8-12)11-17(3,19)15-5-4-6-16(18)10-15/h4-10H,11,19H2,1-3H3. The average molecular weight is 257 g/mol. The SMILES string of the molecule is Cc1cc(C)cc(CC(C)(N)c2cccc(F)c2)c1. The van der Waals surface area contributed by atoms with E-state index in [1.54, 1.807) is 6.07 Å². The molecule has 0 aliphatic carbocycles. The van der Waals surface area contributed by atoms with Gasteiger partial charge in [-0.25, -0.2) is 4.39 Å². The lowest BCUT2D eigenvalue weighted by Gasteiger charge is -2.26. The van der Waals surface area contributed by atoms with Crippen molar-refractivity contribution in [2.75, 3.05) is 0 Å². The summed E-state index contributed by atoms with van der Waals surface area (Å²) >= 11 is 0. The molecule has 0 aromatic heterocycles. The lowest BCUT2D eigenvalue weighted by molar-refractivity contribution is 0.486. The van der Waals surface area contributed by atoms with Crippen LogP contribution in [0.15, 0.2) is 42.5 Å². The number of rotatable bonds is 3. The van der Waals surface area contributed by atoms with Crippen molar-refractivity contribution in [2.24, 2.45) is 5.73 Å². The van der Waals surface area contributed by atoms with Crippen LogP contribution in [0.1, 0.15) is 29.2 Å². The van der Waals surface area contributed by atoms with Crippen LogP contribution in [0.3, 0.4) is 0 Å². The van der Waals surface area contributed by atoms with Crippen LogP contribution in [0.5, 0.6) is 0 Å². The maximum absolute atomic E-state index is 13.3. The minimum absolute atomic E-state index is 0.241. The predicted octanol–water partition coefficient (Wildman–Crippen LogP) is 3.86. The van der Waals surface area contributed by atoms with Gasteiger partial charge in [0.15, 0.2) is 0 Å². The molecule has 2 heteroatoms. The van der Waals surface area contributed by atoms with Gasteiger partial charge in [0, 0.05) is 5.54 Å². The van der Waals surface area contributed by atoms with E-state index in [-0.39, 0.29) is 5.82 Å². The van der Waals surface area contributed by atoms with Gasteiger partial charge < -0.3 is 5.73 Å². The zero-order chi connectivity index (χ0) is 14.0. The van der Waals surface area contributed by atoms with E-state index in [0.29, 0.717) is 6.42 Å². The van der Waals surface area contributed by atoms with Crippen LogP contribution in [0, 0.1) is 19.7 Å². The van der Waals surface area contributed by atoms with Crippen molar-refractivity contribution < 1.29 is 4.39 Å². The van der Waals surface area contributed by atoms with Gasteiger partial charge in [0.1, 0.15) is 5.82 Å². The molecule has 0 aliphatic heterocycles. The Morgan fingerprint density at radius 3 is 2.26 bits per heavy atom. The second-order valence-electron chi connectivity index (χ2n) is 5.60. The van der Waals surface area contributed by atoms with Gasteiger partial charge in [-0.15, -0.1) is 0 Å². The van der Waals surface area contributed by atoms with E-state index < -0.39 is 5.54 Å². The molecule has 0 fully saturated rings. The average Bonchev–Trinajstić information content (AvgIpc) is 2.26. The molecule has 1 unspecified atom stereocenters. The summed E-state index contributed by atoms with van der Waals surface area (Å²) in [5.74, 6) is -0.241. The molecule has 100 valence electrons. The summed E-state index contributed by atoms with van der Waals surface area (Å²) in [5.41, 5.74) is 10.3. The molecular formula is C17H20FN. The van der Waals surface area contributed by atoms with Crippen molar-refractivity contribution >= 4 is 0 Å². The maximum atomic E-state index is 13.3. The largest absolute Gasteiger partial charge is 0.321 e. The molecular weight excluding hydrogens is 237 g/mol. The summed E-state index contributed by atoms with van der Waals surface area (Å²) in [6, 6.07) is 13.0. The Morgan fingerprint density at radius 1 is 1.05 bits per heavy atom. The van der Waals surface area contributed by atoms with E-state index in [9.17, 15) is 4.39 Å². The lowest BCUT2D eigenvalue weighted by Crippen LogP contribution is -2.35. The summed E-state index contributed by atoms with van der Waals surface area (Å²) in [6.07, 6.45) is 0.693. The first kappa shape index (κ1) is 13.8. The lowest BCUT2D eigenvalue weighted by atomic mass is 9.86. The highest BCUT2D eigenvalue weighted by atomic mass is 19.1. The van der Waals surface area contributed by atoms with E-state index >= 15 is 0 Å². The molecule has 0 spiro atoms. The highest BCUT2D eigenvalue weighted by molar-refractivity contribution is 5.32. The Kier molecular flexibility index (Phi) is 3.72. The molecule has 0 amide bonds. The molecule has 0 saturated carbocycles. The molecule has 0 radical (unpaired) electrons. The zero-order valence-corrected chi connectivity index (χ0v) is 11.7. The van der Waals surface area contributed by atoms with Gasteiger partial charge >= 0.3 is 0 Å². The maximum Gasteiger partial charge on any atom is 0.123 e. The van der Waals surface area contributed by atoms with Crippen LogP contribution in [0.4, 0.5) is 4.39 Å². The van der Waals surface area contributed by atoms with Crippen LogP contribution in [0.25, 0.3) is 0 Å². The van der Waals surface area contributed by atoms with Crippen LogP contribution in [0.2, 0.25) is 0 Å². The first-order chi connectivity index (χ1) is 8.87. The van der Waals surface area contributed by atoms with Gasteiger partial charge in [-0.1, -0.05) is 41.5 Å². The second-order valence-corrected chi connectivity index (χ2v) is 5.60. The van der Waals surface area contributed by atoms with E-state index in [0.717, 1.165) is 5.56 Å². The predicted molar refractivity (Wildman–Crippen MR) is 77.6 cm³/mol. The summed E-state index contributed by atoms with van der Waals surface area (Å²) in [4.78, 5) is 0. The Hall–Kier alpha value is -1.67. The highest BCUT2D eigenvalue weighted by Crippen LogP contribution is 2.24. The topological polar surface area (TPSA) is 26.0 Å². The van der Waals surface area contributed by atoms with Crippen LogP contribution in [-0.2, 0) is 12.0 Å². The minimum atomic E-state index is -0.567. The zero-order valence-electron chi connectivity index (χ0n) is 11.7. The van der Waals surface area contributed by atoms with E-state index in [2.05, 4.69) is 32.0 Å². The molecule has 2 aromatic carbocycles. The van der Waals surface area contributed by atoms with Crippen molar-refractivity contribution in [1.29, 1.82) is 0 Å². The number of benzene rings is 2. The summed E-state index contributed by atoms with van der Waals surface area (Å²) in [7, 11) is 0. The number of hydrogen-bond acceptors (Lipinski definition) is 1. The van der Waals surface area contributed by atoms with E-state index in [1.165, 1.54) is 28.8 Å². The van der Waals surface area contributed by atoms with Crippen molar-refractivity contribution in [3.63, 3.8) is 0 Å². The van der Waals surface area contributed by atoms with Gasteiger partial charge in [0.25, 0.3) is 0 Å². The first-order valence-electron chi connectivity index (χ1n) is 6.49. The van der Waals surface area contributed by atoms with Crippen molar-refractivity contribution in [2.45, 2.75) is 32.7 Å². The highest BCUT2D eigenvalue weighted by Gasteiger charge is 2.22. The van der Waals surface area contributed by atoms with E-state index in [1.807, 2.05) is 13.0 Å². The molecule has 19 heavy (non-hydrogen) atoms. The Morgan fingerprint density at radius 2 is 1.68 bits per heavy atom. The number of hydrogen-bond donors (Lipinski definition) is 1. The molecule has 0 heterocycles. The number of nitrogens with two attached hydrogens (primary N) is 1. The third kappa shape index (κ3) is 3.42. The van der Waals surface area contributed by atoms with Gasteiger partial charge in [0.2, 0.25) is 0 Å². The first-order valence-corrected chi connectivity index (χ1v) is 6.49. The van der Waals surface area contributed by atoms with Crippen LogP contribution < -0.4 is 5.73 Å². The Balaban J connectivity index is 2.30. The van der Waals surface area contributed by atoms with Gasteiger partial charge in [-0.3, -0.25) is 0 Å². The molecule has 1 atom stereocenters. The molecule has 0 saturated heterocycles. The van der Waals surface area contributed by atoms with Crippen LogP contribution >= 0.6 is 0 Å². The molecule has 0 aliphatic rings. The number of aryl methyl sites for hydroxylation is 2. The monoisotopic (exact) mass is 257 g/mol. The molecule has 2 N–H and O–H groups in total. The fourth-order valence-corrected chi connectivity index (χ4v) is 2.54. The third-order valence-electron chi connectivity index (χ3n) is 3.34. The summed E-state index contributed by atoms with van der Waals surface area (Å²) < 4.78 is 13.3. The van der Waals surface area contributed by atoms with E-state index in [4.69, 9.17) is 5.73 Å². The van der Waals surface area contributed by atoms with Gasteiger partial charge in [-0.2, -0.15) is 0 Å². The van der Waals surface area contributed by atoms with Crippen LogP contribution in [-0.4, -0.2) is 0 Å². The molecule has 0 bridgehead atoms. The second kappa shape index (κ2) is 5.14. The molecule has 2 rings (SSSR count). The Bertz CT molecular complexity index is 567. The molecule has 2 aromatic rings. The fourth-order valence-electron chi connectivity index (χ4n) is 2.54. The van der Waals surface area contributed by atoms with Gasteiger partial charge in [-0.05, 0) is 50.5 Å². The summed E-state index contributed by atoms with van der Waals surface area (Å²) in [6.45, 7) is 6.10. The quantitative estimate of drug-likeness (QED) is 0.887. The normalized spacial score (nSPS) is 14.2. The molecule has 1 nitrogen and oxygen atoms in total. The van der Waals surface area contributed by atoms with Gasteiger partial charge in [0.05, 0.1) is 0 Å². The van der Waals surface area contributed by atoms with Crippen molar-refractivity contribution in [3.8, 4) is 0 Å². The number of halogens is 1. The fraction of sp³-hybridized carbons (Fsp3) is 0.294. The smallest absolute Gasteiger partial charge is 0.123 e. The van der Waals surface area contributed by atoms with Crippen molar-refractivity contribution in [1.82, 2.24) is 0 Å². The summed E-state index contributed by atoms with van der Waals surface area (Å²) in [5, 5.41) is 0. The minimum Gasteiger partial charge on any atom is -0.321 e. The third-order valence-corrected chi connectivity index (χ3v) is 3.34.